The summed E-state index contributed by atoms with van der Waals surface area (Å²) in [6, 6.07) is 55.9. The molecule has 0 saturated heterocycles. The first-order valence-corrected chi connectivity index (χ1v) is 18.0. The van der Waals surface area contributed by atoms with Crippen LogP contribution in [0.5, 0.6) is 0 Å². The van der Waals surface area contributed by atoms with E-state index < -0.39 is 0 Å². The standard InChI is InChI=1S/C48H35N5/c1-30-22-24-43-38(26-30)36-18-10-12-20-41(36)52(43)35-23-25-44-39(29-35)37-19-11-13-21-42(37)53(44)45-28-32(3)31(2)27-40(45)48-50-46(33-14-6-4-7-15-33)49-47(51-48)34-16-8-5-9-17-34/h4-29H,1-3H3. The third-order valence-electron chi connectivity index (χ3n) is 10.5. The van der Waals surface area contributed by atoms with Crippen LogP contribution in [0, 0.1) is 20.8 Å². The second kappa shape index (κ2) is 12.1. The van der Waals surface area contributed by atoms with Gasteiger partial charge in [0.25, 0.3) is 0 Å². The van der Waals surface area contributed by atoms with Crippen molar-refractivity contribution in [1.29, 1.82) is 0 Å². The molecule has 0 saturated carbocycles. The second-order valence-corrected chi connectivity index (χ2v) is 13.9. The van der Waals surface area contributed by atoms with Gasteiger partial charge in [-0.3, -0.25) is 0 Å². The van der Waals surface area contributed by atoms with E-state index in [1.165, 1.54) is 49.3 Å². The largest absolute Gasteiger partial charge is 0.309 e. The molecule has 0 N–H and O–H groups in total. The molecular weight excluding hydrogens is 647 g/mol. The predicted molar refractivity (Wildman–Crippen MR) is 219 cm³/mol. The van der Waals surface area contributed by atoms with Crippen molar-refractivity contribution in [3.63, 3.8) is 0 Å². The topological polar surface area (TPSA) is 48.5 Å². The van der Waals surface area contributed by atoms with Gasteiger partial charge in [-0.1, -0.05) is 109 Å². The number of benzene rings is 7. The van der Waals surface area contributed by atoms with E-state index in [0.717, 1.165) is 39.1 Å². The van der Waals surface area contributed by atoms with Crippen LogP contribution in [0.2, 0.25) is 0 Å². The second-order valence-electron chi connectivity index (χ2n) is 13.9. The molecule has 3 aromatic heterocycles. The molecular formula is C48H35N5. The number of fused-ring (bicyclic) bond motifs is 6. The molecule has 53 heavy (non-hydrogen) atoms. The molecule has 252 valence electrons. The van der Waals surface area contributed by atoms with Crippen molar-refractivity contribution in [2.24, 2.45) is 0 Å². The summed E-state index contributed by atoms with van der Waals surface area (Å²) in [4.78, 5) is 15.3. The Morgan fingerprint density at radius 3 is 1.53 bits per heavy atom. The van der Waals surface area contributed by atoms with E-state index in [9.17, 15) is 0 Å². The summed E-state index contributed by atoms with van der Waals surface area (Å²) in [5.41, 5.74) is 13.3. The van der Waals surface area contributed by atoms with Crippen LogP contribution in [0.1, 0.15) is 16.7 Å². The van der Waals surface area contributed by atoms with Gasteiger partial charge < -0.3 is 9.13 Å². The lowest BCUT2D eigenvalue weighted by atomic mass is 10.0. The maximum atomic E-state index is 5.17. The monoisotopic (exact) mass is 681 g/mol. The molecule has 0 atom stereocenters. The van der Waals surface area contributed by atoms with Crippen molar-refractivity contribution in [1.82, 2.24) is 24.1 Å². The third kappa shape index (κ3) is 5.04. The maximum absolute atomic E-state index is 5.17. The van der Waals surface area contributed by atoms with Gasteiger partial charge in [-0.2, -0.15) is 0 Å². The molecule has 0 aliphatic carbocycles. The highest BCUT2D eigenvalue weighted by Crippen LogP contribution is 2.40. The first kappa shape index (κ1) is 30.9. The number of hydrogen-bond donors (Lipinski definition) is 0. The Morgan fingerprint density at radius 2 is 0.868 bits per heavy atom. The Kier molecular flexibility index (Phi) is 7.08. The van der Waals surface area contributed by atoms with E-state index in [4.69, 9.17) is 15.0 Å². The summed E-state index contributed by atoms with van der Waals surface area (Å²) in [5.74, 6) is 1.93. The Morgan fingerprint density at radius 1 is 0.377 bits per heavy atom. The summed E-state index contributed by atoms with van der Waals surface area (Å²) in [7, 11) is 0. The van der Waals surface area contributed by atoms with Gasteiger partial charge in [-0.25, -0.2) is 15.0 Å². The molecule has 0 radical (unpaired) electrons. The highest BCUT2D eigenvalue weighted by Gasteiger charge is 2.21. The van der Waals surface area contributed by atoms with Crippen LogP contribution in [-0.2, 0) is 0 Å². The molecule has 7 aromatic carbocycles. The molecule has 0 aliphatic heterocycles. The minimum Gasteiger partial charge on any atom is -0.309 e. The van der Waals surface area contributed by atoms with Crippen LogP contribution in [0.25, 0.3) is 89.2 Å². The molecule has 3 heterocycles. The van der Waals surface area contributed by atoms with Crippen molar-refractivity contribution in [3.8, 4) is 45.5 Å². The van der Waals surface area contributed by atoms with Crippen LogP contribution in [0.15, 0.2) is 158 Å². The molecule has 5 nitrogen and oxygen atoms in total. The summed E-state index contributed by atoms with van der Waals surface area (Å²) in [6.07, 6.45) is 0. The average Bonchev–Trinajstić information content (AvgIpc) is 3.71. The fourth-order valence-electron chi connectivity index (χ4n) is 7.82. The zero-order valence-corrected chi connectivity index (χ0v) is 29.7. The fourth-order valence-corrected chi connectivity index (χ4v) is 7.82. The number of para-hydroxylation sites is 2. The molecule has 0 spiro atoms. The molecule has 10 rings (SSSR count). The van der Waals surface area contributed by atoms with Crippen molar-refractivity contribution in [2.45, 2.75) is 20.8 Å². The van der Waals surface area contributed by atoms with E-state index in [1.807, 2.05) is 36.4 Å². The van der Waals surface area contributed by atoms with Gasteiger partial charge in [-0.05, 0) is 86.5 Å². The van der Waals surface area contributed by atoms with Crippen molar-refractivity contribution >= 4 is 43.6 Å². The first-order chi connectivity index (χ1) is 26.0. The number of rotatable bonds is 5. The summed E-state index contributed by atoms with van der Waals surface area (Å²) < 4.78 is 4.79. The quantitative estimate of drug-likeness (QED) is 0.182. The SMILES string of the molecule is Cc1ccc2c(c1)c1ccccc1n2-c1ccc2c(c1)c1ccccc1n2-c1cc(C)c(C)cc1-c1nc(-c2ccccc2)nc(-c2ccccc2)n1. The third-order valence-corrected chi connectivity index (χ3v) is 10.5. The summed E-state index contributed by atoms with van der Waals surface area (Å²) in [5, 5.41) is 4.90. The Bertz CT molecular complexity index is 2970. The lowest BCUT2D eigenvalue weighted by Gasteiger charge is -2.17. The van der Waals surface area contributed by atoms with Crippen LogP contribution in [0.4, 0.5) is 0 Å². The lowest BCUT2D eigenvalue weighted by Crippen LogP contribution is -2.05. The van der Waals surface area contributed by atoms with Gasteiger partial charge in [0.05, 0.1) is 27.8 Å². The fraction of sp³-hybridized carbons (Fsp3) is 0.0625. The smallest absolute Gasteiger partial charge is 0.166 e. The predicted octanol–water partition coefficient (Wildman–Crippen LogP) is 12.0. The van der Waals surface area contributed by atoms with E-state index >= 15 is 0 Å². The Hall–Kier alpha value is -6.85. The molecule has 0 aliphatic rings. The number of aromatic nitrogens is 5. The summed E-state index contributed by atoms with van der Waals surface area (Å²) in [6.45, 7) is 6.50. The molecule has 10 aromatic rings. The molecule has 5 heteroatoms. The molecule has 0 fully saturated rings. The Labute approximate surface area is 307 Å². The van der Waals surface area contributed by atoms with E-state index in [0.29, 0.717) is 17.5 Å². The minimum absolute atomic E-state index is 0.638. The van der Waals surface area contributed by atoms with Gasteiger partial charge in [-0.15, -0.1) is 0 Å². The van der Waals surface area contributed by atoms with Gasteiger partial charge in [0.15, 0.2) is 17.5 Å². The summed E-state index contributed by atoms with van der Waals surface area (Å²) >= 11 is 0. The van der Waals surface area contributed by atoms with Crippen molar-refractivity contribution < 1.29 is 0 Å². The molecule has 0 bridgehead atoms. The average molecular weight is 682 g/mol. The maximum Gasteiger partial charge on any atom is 0.166 e. The number of hydrogen-bond acceptors (Lipinski definition) is 3. The van der Waals surface area contributed by atoms with Gasteiger partial charge >= 0.3 is 0 Å². The van der Waals surface area contributed by atoms with Gasteiger partial charge in [0.1, 0.15) is 0 Å². The van der Waals surface area contributed by atoms with E-state index in [-0.39, 0.29) is 0 Å². The van der Waals surface area contributed by atoms with E-state index in [1.54, 1.807) is 0 Å². The van der Waals surface area contributed by atoms with Crippen LogP contribution < -0.4 is 0 Å². The van der Waals surface area contributed by atoms with Crippen molar-refractivity contribution in [3.05, 3.63) is 174 Å². The number of nitrogens with zero attached hydrogens (tertiary/aromatic N) is 5. The van der Waals surface area contributed by atoms with Crippen LogP contribution >= 0.6 is 0 Å². The van der Waals surface area contributed by atoms with Crippen LogP contribution in [-0.4, -0.2) is 24.1 Å². The van der Waals surface area contributed by atoms with E-state index in [2.05, 4.69) is 151 Å². The molecule has 0 unspecified atom stereocenters. The number of aryl methyl sites for hydroxylation is 3. The minimum atomic E-state index is 0.638. The molecule has 0 amide bonds. The Balaban J connectivity index is 1.24. The lowest BCUT2D eigenvalue weighted by molar-refractivity contribution is 1.06. The normalized spacial score (nSPS) is 11.7. The van der Waals surface area contributed by atoms with Crippen molar-refractivity contribution in [2.75, 3.05) is 0 Å². The van der Waals surface area contributed by atoms with Gasteiger partial charge in [0, 0.05) is 43.9 Å². The highest BCUT2D eigenvalue weighted by atomic mass is 15.1. The van der Waals surface area contributed by atoms with Crippen LogP contribution in [0.3, 0.4) is 0 Å². The highest BCUT2D eigenvalue weighted by molar-refractivity contribution is 6.12. The van der Waals surface area contributed by atoms with Gasteiger partial charge in [0.2, 0.25) is 0 Å². The zero-order valence-electron chi connectivity index (χ0n) is 29.7. The first-order valence-electron chi connectivity index (χ1n) is 18.0. The zero-order chi connectivity index (χ0) is 35.6.